The Morgan fingerprint density at radius 3 is 2.21 bits per heavy atom. The molecular weight excluding hydrogens is 456 g/mol. The van der Waals surface area contributed by atoms with Gasteiger partial charge in [-0.05, 0) is 62.2 Å². The highest BCUT2D eigenvalue weighted by molar-refractivity contribution is 7.91. The van der Waals surface area contributed by atoms with Crippen molar-refractivity contribution in [2.45, 2.75) is 32.9 Å². The molecule has 1 saturated heterocycles. The van der Waals surface area contributed by atoms with Gasteiger partial charge in [0.1, 0.15) is 11.5 Å². The Morgan fingerprint density at radius 1 is 1.03 bits per heavy atom. The van der Waals surface area contributed by atoms with E-state index in [0.29, 0.717) is 25.4 Å². The quantitative estimate of drug-likeness (QED) is 0.453. The van der Waals surface area contributed by atoms with Crippen molar-refractivity contribution >= 4 is 15.7 Å². The Hall–Kier alpha value is -3.33. The van der Waals surface area contributed by atoms with Crippen molar-refractivity contribution in [1.29, 1.82) is 0 Å². The smallest absolute Gasteiger partial charge is 0.276 e. The number of sulfone groups is 1. The maximum absolute atomic E-state index is 13.5. The number of carbonyl (C=O) groups is 1. The van der Waals surface area contributed by atoms with E-state index in [4.69, 9.17) is 14.0 Å². The summed E-state index contributed by atoms with van der Waals surface area (Å²) in [5.41, 5.74) is 1.77. The summed E-state index contributed by atoms with van der Waals surface area (Å²) in [7, 11) is -3.18. The molecule has 1 aromatic heterocycles. The van der Waals surface area contributed by atoms with Crippen LogP contribution in [0.3, 0.4) is 0 Å². The van der Waals surface area contributed by atoms with Crippen molar-refractivity contribution in [1.82, 2.24) is 10.1 Å². The normalized spacial score (nSPS) is 16.8. The van der Waals surface area contributed by atoms with Gasteiger partial charge in [0.25, 0.3) is 5.91 Å². The lowest BCUT2D eigenvalue weighted by molar-refractivity contribution is 0.0670. The Bertz CT molecular complexity index is 1220. The van der Waals surface area contributed by atoms with Crippen LogP contribution >= 0.6 is 0 Å². The summed E-state index contributed by atoms with van der Waals surface area (Å²) in [5, 5.41) is 3.99. The van der Waals surface area contributed by atoms with E-state index in [2.05, 4.69) is 5.16 Å². The monoisotopic (exact) mass is 484 g/mol. The summed E-state index contributed by atoms with van der Waals surface area (Å²) in [6.07, 6.45) is 0.398. The third-order valence-electron chi connectivity index (χ3n) is 5.68. The van der Waals surface area contributed by atoms with Gasteiger partial charge in [-0.15, -0.1) is 0 Å². The number of hydrogen-bond donors (Lipinski definition) is 0. The summed E-state index contributed by atoms with van der Waals surface area (Å²) < 4.78 is 40.7. The lowest BCUT2D eigenvalue weighted by atomic mass is 10.1. The van der Waals surface area contributed by atoms with E-state index in [1.54, 1.807) is 11.0 Å². The van der Waals surface area contributed by atoms with E-state index >= 15 is 0 Å². The first-order chi connectivity index (χ1) is 16.4. The number of benzene rings is 2. The van der Waals surface area contributed by atoms with Gasteiger partial charge < -0.3 is 18.9 Å². The van der Waals surface area contributed by atoms with E-state index in [9.17, 15) is 13.2 Å². The number of ether oxygens (including phenoxy) is 2. The highest BCUT2D eigenvalue weighted by atomic mass is 32.2. The molecule has 8 nitrogen and oxygen atoms in total. The molecule has 0 spiro atoms. The molecular formula is C25H28N2O6S. The first-order valence-electron chi connectivity index (χ1n) is 11.3. The minimum atomic E-state index is -3.18. The van der Waals surface area contributed by atoms with Gasteiger partial charge in [-0.2, -0.15) is 0 Å². The zero-order valence-electron chi connectivity index (χ0n) is 19.3. The average molecular weight is 485 g/mol. The van der Waals surface area contributed by atoms with Gasteiger partial charge >= 0.3 is 0 Å². The Morgan fingerprint density at radius 2 is 1.65 bits per heavy atom. The summed E-state index contributed by atoms with van der Waals surface area (Å²) in [6.45, 7) is 5.22. The molecule has 1 atom stereocenters. The number of hydrogen-bond acceptors (Lipinski definition) is 7. The molecule has 0 N–H and O–H groups in total. The summed E-state index contributed by atoms with van der Waals surface area (Å²) >= 11 is 0. The van der Waals surface area contributed by atoms with Gasteiger partial charge in [-0.25, -0.2) is 8.42 Å². The minimum Gasteiger partial charge on any atom is -0.494 e. The van der Waals surface area contributed by atoms with Crippen LogP contribution in [0.5, 0.6) is 11.5 Å². The number of amides is 1. The second-order valence-electron chi connectivity index (χ2n) is 8.10. The van der Waals surface area contributed by atoms with E-state index in [1.807, 2.05) is 62.4 Å². The van der Waals surface area contributed by atoms with Crippen LogP contribution in [0.25, 0.3) is 11.3 Å². The van der Waals surface area contributed by atoms with Crippen LogP contribution in [0.1, 0.15) is 36.3 Å². The maximum Gasteiger partial charge on any atom is 0.276 e. The molecule has 2 heterocycles. The molecule has 180 valence electrons. The van der Waals surface area contributed by atoms with Crippen LogP contribution in [0, 0.1) is 0 Å². The average Bonchev–Trinajstić information content (AvgIpc) is 3.46. The molecule has 0 unspecified atom stereocenters. The van der Waals surface area contributed by atoms with Crippen LogP contribution in [0.2, 0.25) is 0 Å². The zero-order valence-corrected chi connectivity index (χ0v) is 20.1. The van der Waals surface area contributed by atoms with Crippen LogP contribution in [-0.2, 0) is 16.4 Å². The van der Waals surface area contributed by atoms with Gasteiger partial charge in [-0.1, -0.05) is 17.3 Å². The van der Waals surface area contributed by atoms with Crippen molar-refractivity contribution in [3.63, 3.8) is 0 Å². The molecule has 1 fully saturated rings. The first-order valence-corrected chi connectivity index (χ1v) is 13.1. The zero-order chi connectivity index (χ0) is 24.1. The predicted molar refractivity (Wildman–Crippen MR) is 128 cm³/mol. The number of carbonyl (C=O) groups excluding carboxylic acids is 1. The molecule has 0 aliphatic carbocycles. The van der Waals surface area contributed by atoms with Crippen LogP contribution in [0.4, 0.5) is 0 Å². The molecule has 34 heavy (non-hydrogen) atoms. The van der Waals surface area contributed by atoms with Crippen molar-refractivity contribution < 1.29 is 27.2 Å². The summed E-state index contributed by atoms with van der Waals surface area (Å²) in [4.78, 5) is 15.0. The number of rotatable bonds is 9. The lowest BCUT2D eigenvalue weighted by Gasteiger charge is -2.27. The van der Waals surface area contributed by atoms with Gasteiger partial charge in [0.2, 0.25) is 0 Å². The fraction of sp³-hybridized carbons (Fsp3) is 0.360. The molecule has 3 aromatic rings. The predicted octanol–water partition coefficient (Wildman–Crippen LogP) is 3.97. The van der Waals surface area contributed by atoms with Crippen molar-refractivity contribution in [2.75, 3.05) is 24.7 Å². The maximum atomic E-state index is 13.5. The topological polar surface area (TPSA) is 98.9 Å². The molecule has 9 heteroatoms. The number of nitrogens with zero attached hydrogens (tertiary/aromatic N) is 2. The summed E-state index contributed by atoms with van der Waals surface area (Å²) in [6, 6.07) is 15.9. The lowest BCUT2D eigenvalue weighted by Crippen LogP contribution is -2.40. The van der Waals surface area contributed by atoms with Gasteiger partial charge in [0.05, 0.1) is 24.7 Å². The highest BCUT2D eigenvalue weighted by Crippen LogP contribution is 2.26. The van der Waals surface area contributed by atoms with E-state index in [-0.39, 0.29) is 29.7 Å². The van der Waals surface area contributed by atoms with Crippen LogP contribution in [0.15, 0.2) is 59.1 Å². The number of aromatic nitrogens is 1. The molecule has 0 saturated carbocycles. The minimum absolute atomic E-state index is 0.0562. The van der Waals surface area contributed by atoms with E-state index < -0.39 is 15.9 Å². The largest absolute Gasteiger partial charge is 0.494 e. The van der Waals surface area contributed by atoms with E-state index in [0.717, 1.165) is 22.6 Å². The fourth-order valence-corrected chi connectivity index (χ4v) is 5.71. The van der Waals surface area contributed by atoms with Crippen molar-refractivity contribution in [3.8, 4) is 22.8 Å². The highest BCUT2D eigenvalue weighted by Gasteiger charge is 2.36. The standard InChI is InChI=1S/C25H28N2O6S/c1-3-31-21-9-5-18(6-10-21)16-27(20-13-14-34(29,30)17-20)25(28)23-15-24(33-26-23)19-7-11-22(12-8-19)32-4-2/h5-12,15,20H,3-4,13-14,16-17H2,1-2H3/t20-/m0/s1. The Balaban J connectivity index is 1.56. The van der Waals surface area contributed by atoms with Crippen molar-refractivity contribution in [2.24, 2.45) is 0 Å². The Kier molecular flexibility index (Phi) is 7.21. The second kappa shape index (κ2) is 10.3. The molecule has 0 bridgehead atoms. The molecule has 1 amide bonds. The second-order valence-corrected chi connectivity index (χ2v) is 10.3. The van der Waals surface area contributed by atoms with Gasteiger partial charge in [-0.3, -0.25) is 4.79 Å². The first kappa shape index (κ1) is 23.8. The molecule has 1 aliphatic rings. The molecule has 0 radical (unpaired) electrons. The fourth-order valence-electron chi connectivity index (χ4n) is 3.98. The molecule has 1 aliphatic heterocycles. The SMILES string of the molecule is CCOc1ccc(CN(C(=O)c2cc(-c3ccc(OCC)cc3)on2)[C@H]2CCS(=O)(=O)C2)cc1. The third kappa shape index (κ3) is 5.59. The van der Waals surface area contributed by atoms with Crippen molar-refractivity contribution in [3.05, 3.63) is 65.9 Å². The van der Waals surface area contributed by atoms with Gasteiger partial charge in [0.15, 0.2) is 21.3 Å². The van der Waals surface area contributed by atoms with Crippen LogP contribution < -0.4 is 9.47 Å². The summed E-state index contributed by atoms with van der Waals surface area (Å²) in [5.74, 6) is 1.58. The van der Waals surface area contributed by atoms with Gasteiger partial charge in [0, 0.05) is 24.2 Å². The van der Waals surface area contributed by atoms with Crippen LogP contribution in [-0.4, -0.2) is 55.1 Å². The molecule has 2 aromatic carbocycles. The Labute approximate surface area is 199 Å². The third-order valence-corrected chi connectivity index (χ3v) is 7.43. The van der Waals surface area contributed by atoms with E-state index in [1.165, 1.54) is 0 Å². The molecule has 4 rings (SSSR count).